The quantitative estimate of drug-likeness (QED) is 0.392. The van der Waals surface area contributed by atoms with Crippen LogP contribution in [0.25, 0.3) is 0 Å². The molecule has 0 aliphatic carbocycles. The van der Waals surface area contributed by atoms with E-state index in [2.05, 4.69) is 5.32 Å². The molecule has 8 nitrogen and oxygen atoms in total. The average molecular weight is 586 g/mol. The molecule has 2 aliphatic heterocycles. The molecule has 0 aromatic heterocycles. The summed E-state index contributed by atoms with van der Waals surface area (Å²) in [6, 6.07) is 19.0. The molecule has 3 aromatic rings. The Hall–Kier alpha value is -3.05. The number of methoxy groups -OCH3 is 1. The van der Waals surface area contributed by atoms with Gasteiger partial charge in [0, 0.05) is 30.2 Å². The molecule has 2 heterocycles. The second kappa shape index (κ2) is 11.6. The van der Waals surface area contributed by atoms with E-state index < -0.39 is 15.9 Å². The first-order valence-electron chi connectivity index (χ1n) is 12.5. The molecule has 0 radical (unpaired) electrons. The number of carbonyl (C=O) groups excluding carboxylic acids is 2. The van der Waals surface area contributed by atoms with Crippen LogP contribution in [0.3, 0.4) is 0 Å². The Bertz CT molecular complexity index is 1470. The van der Waals surface area contributed by atoms with E-state index in [1.165, 1.54) is 23.5 Å². The van der Waals surface area contributed by atoms with Crippen LogP contribution in [0.5, 0.6) is 5.75 Å². The van der Waals surface area contributed by atoms with E-state index in [9.17, 15) is 18.0 Å². The number of thioether (sulfide) groups is 1. The summed E-state index contributed by atoms with van der Waals surface area (Å²) in [5.41, 5.74) is 2.57. The van der Waals surface area contributed by atoms with Crippen molar-refractivity contribution in [2.24, 2.45) is 0 Å². The summed E-state index contributed by atoms with van der Waals surface area (Å²) in [4.78, 5) is 27.6. The number of carbonyl (C=O) groups is 2. The zero-order valence-electron chi connectivity index (χ0n) is 21.3. The van der Waals surface area contributed by atoms with Crippen LogP contribution >= 0.6 is 23.4 Å². The van der Waals surface area contributed by atoms with E-state index in [1.807, 2.05) is 29.2 Å². The Morgan fingerprint density at radius 2 is 1.74 bits per heavy atom. The number of ether oxygens (including phenoxy) is 1. The summed E-state index contributed by atoms with van der Waals surface area (Å²) in [7, 11) is -2.19. The van der Waals surface area contributed by atoms with Crippen LogP contribution < -0.4 is 10.1 Å². The minimum atomic E-state index is -3.65. The monoisotopic (exact) mass is 585 g/mol. The fraction of sp³-hybridized carbons (Fsp3) is 0.286. The molecule has 1 atom stereocenters. The Morgan fingerprint density at radius 1 is 1.05 bits per heavy atom. The number of halogens is 1. The number of hydrogen-bond acceptors (Lipinski definition) is 6. The van der Waals surface area contributed by atoms with Crippen LogP contribution in [-0.2, 0) is 21.4 Å². The van der Waals surface area contributed by atoms with Crippen molar-refractivity contribution in [3.05, 3.63) is 88.4 Å². The second-order valence-corrected chi connectivity index (χ2v) is 12.8. The van der Waals surface area contributed by atoms with Gasteiger partial charge in [-0.1, -0.05) is 35.9 Å². The summed E-state index contributed by atoms with van der Waals surface area (Å²) in [6.07, 6.45) is 1.67. The van der Waals surface area contributed by atoms with Crippen molar-refractivity contribution in [3.8, 4) is 5.75 Å². The molecule has 2 aliphatic rings. The second-order valence-electron chi connectivity index (χ2n) is 9.36. The first-order chi connectivity index (χ1) is 18.8. The van der Waals surface area contributed by atoms with E-state index in [4.69, 9.17) is 16.3 Å². The van der Waals surface area contributed by atoms with Crippen LogP contribution in [0.15, 0.2) is 71.6 Å². The number of benzene rings is 3. The molecule has 5 rings (SSSR count). The van der Waals surface area contributed by atoms with E-state index in [-0.39, 0.29) is 21.9 Å². The molecule has 2 saturated heterocycles. The average Bonchev–Trinajstić information content (AvgIpc) is 3.61. The molecular formula is C28H28ClN3O5S2. The van der Waals surface area contributed by atoms with E-state index >= 15 is 0 Å². The Morgan fingerprint density at radius 3 is 2.41 bits per heavy atom. The number of nitrogens with zero attached hydrogens (tertiary/aromatic N) is 2. The van der Waals surface area contributed by atoms with Crippen LogP contribution in [0, 0.1) is 0 Å². The largest absolute Gasteiger partial charge is 0.495 e. The van der Waals surface area contributed by atoms with E-state index in [0.29, 0.717) is 41.7 Å². The molecule has 0 unspecified atom stereocenters. The minimum absolute atomic E-state index is 0.0534. The van der Waals surface area contributed by atoms with Crippen LogP contribution in [-0.4, -0.2) is 55.4 Å². The summed E-state index contributed by atoms with van der Waals surface area (Å²) < 4.78 is 32.9. The van der Waals surface area contributed by atoms with Gasteiger partial charge in [-0.3, -0.25) is 9.59 Å². The molecule has 3 aromatic carbocycles. The van der Waals surface area contributed by atoms with Gasteiger partial charge in [-0.05, 0) is 66.4 Å². The number of anilines is 1. The lowest BCUT2D eigenvalue weighted by molar-refractivity contribution is -0.128. The summed E-state index contributed by atoms with van der Waals surface area (Å²) in [6.45, 7) is 1.45. The molecule has 1 N–H and O–H groups in total. The van der Waals surface area contributed by atoms with Crippen molar-refractivity contribution in [3.63, 3.8) is 0 Å². The number of sulfonamides is 1. The van der Waals surface area contributed by atoms with Crippen molar-refractivity contribution in [2.75, 3.05) is 31.3 Å². The zero-order chi connectivity index (χ0) is 27.6. The molecule has 11 heteroatoms. The van der Waals surface area contributed by atoms with Gasteiger partial charge in [0.2, 0.25) is 15.9 Å². The van der Waals surface area contributed by atoms with Crippen molar-refractivity contribution in [1.29, 1.82) is 0 Å². The van der Waals surface area contributed by atoms with Gasteiger partial charge in [0.15, 0.2) is 0 Å². The van der Waals surface area contributed by atoms with Crippen LogP contribution in [0.1, 0.15) is 39.7 Å². The first-order valence-corrected chi connectivity index (χ1v) is 15.4. The molecule has 0 spiro atoms. The molecule has 39 heavy (non-hydrogen) atoms. The topological polar surface area (TPSA) is 96.0 Å². The van der Waals surface area contributed by atoms with Gasteiger partial charge < -0.3 is 15.0 Å². The number of nitrogens with one attached hydrogen (secondary N) is 1. The lowest BCUT2D eigenvalue weighted by atomic mass is 10.1. The third-order valence-corrected chi connectivity index (χ3v) is 10.2. The third kappa shape index (κ3) is 5.94. The number of rotatable bonds is 8. The van der Waals surface area contributed by atoms with Crippen molar-refractivity contribution in [1.82, 2.24) is 9.21 Å². The van der Waals surface area contributed by atoms with Crippen LogP contribution in [0.2, 0.25) is 5.02 Å². The van der Waals surface area contributed by atoms with E-state index in [0.717, 1.165) is 24.0 Å². The fourth-order valence-corrected chi connectivity index (χ4v) is 7.56. The minimum Gasteiger partial charge on any atom is -0.495 e. The number of hydrogen-bond donors (Lipinski definition) is 1. The predicted molar refractivity (Wildman–Crippen MR) is 153 cm³/mol. The first kappa shape index (κ1) is 27.5. The highest BCUT2D eigenvalue weighted by molar-refractivity contribution is 8.00. The maximum atomic E-state index is 13.1. The van der Waals surface area contributed by atoms with Gasteiger partial charge in [-0.2, -0.15) is 4.31 Å². The van der Waals surface area contributed by atoms with Crippen LogP contribution in [0.4, 0.5) is 5.69 Å². The summed E-state index contributed by atoms with van der Waals surface area (Å²) >= 11 is 7.53. The lowest BCUT2D eigenvalue weighted by Gasteiger charge is -2.24. The standard InChI is InChI=1S/C28H28ClN3O5S2/c1-37-25-13-12-23(39(35,36)31-14-2-3-15-31)16-24(25)30-27(34)20-6-8-21(9-7-20)28-32(26(33)18-38-28)17-19-4-10-22(29)11-5-19/h4-13,16,28H,2-3,14-15,17-18H2,1H3,(H,30,34)/t28-/m0/s1. The van der Waals surface area contributed by atoms with Crippen molar-refractivity contribution >= 4 is 50.9 Å². The van der Waals surface area contributed by atoms with Gasteiger partial charge in [-0.25, -0.2) is 8.42 Å². The molecule has 204 valence electrons. The summed E-state index contributed by atoms with van der Waals surface area (Å²) in [5, 5.41) is 3.27. The molecular weight excluding hydrogens is 558 g/mol. The maximum absolute atomic E-state index is 13.1. The Labute approximate surface area is 237 Å². The third-order valence-electron chi connectivity index (χ3n) is 6.81. The molecule has 0 saturated carbocycles. The normalized spacial score (nSPS) is 17.9. The van der Waals surface area contributed by atoms with Gasteiger partial charge in [-0.15, -0.1) is 11.8 Å². The van der Waals surface area contributed by atoms with Gasteiger partial charge >= 0.3 is 0 Å². The van der Waals surface area contributed by atoms with Crippen molar-refractivity contribution < 1.29 is 22.7 Å². The fourth-order valence-electron chi connectivity index (χ4n) is 4.70. The highest BCUT2D eigenvalue weighted by Crippen LogP contribution is 2.40. The van der Waals surface area contributed by atoms with Gasteiger partial charge in [0.05, 0.1) is 23.4 Å². The Balaban J connectivity index is 1.32. The smallest absolute Gasteiger partial charge is 0.255 e. The SMILES string of the molecule is COc1ccc(S(=O)(=O)N2CCCC2)cc1NC(=O)c1ccc([C@@H]2SCC(=O)N2Cc2ccc(Cl)cc2)cc1. The zero-order valence-corrected chi connectivity index (χ0v) is 23.7. The van der Waals surface area contributed by atoms with Crippen molar-refractivity contribution in [2.45, 2.75) is 29.7 Å². The molecule has 0 bridgehead atoms. The van der Waals surface area contributed by atoms with Gasteiger partial charge in [0.25, 0.3) is 5.91 Å². The summed E-state index contributed by atoms with van der Waals surface area (Å²) in [5.74, 6) is 0.400. The van der Waals surface area contributed by atoms with E-state index in [1.54, 1.807) is 42.1 Å². The maximum Gasteiger partial charge on any atom is 0.255 e. The number of amides is 2. The molecule has 2 fully saturated rings. The lowest BCUT2D eigenvalue weighted by Crippen LogP contribution is -2.28. The highest BCUT2D eigenvalue weighted by atomic mass is 35.5. The Kier molecular flexibility index (Phi) is 8.18. The predicted octanol–water partition coefficient (Wildman–Crippen LogP) is 5.16. The molecule has 2 amide bonds. The highest BCUT2D eigenvalue weighted by Gasteiger charge is 2.33. The van der Waals surface area contributed by atoms with Gasteiger partial charge in [0.1, 0.15) is 11.1 Å².